The zero-order valence-electron chi connectivity index (χ0n) is 17.3. The Balaban J connectivity index is 2.31. The van der Waals surface area contributed by atoms with E-state index in [1.165, 1.54) is 11.6 Å². The van der Waals surface area contributed by atoms with Gasteiger partial charge in [-0.3, -0.25) is 15.3 Å². The summed E-state index contributed by atoms with van der Waals surface area (Å²) in [4.78, 5) is 23.8. The van der Waals surface area contributed by atoms with Crippen molar-refractivity contribution in [2.45, 2.75) is 32.0 Å². The third-order valence-electron chi connectivity index (χ3n) is 4.33. The molecule has 0 aliphatic carbocycles. The number of ether oxygens (including phenoxy) is 2. The van der Waals surface area contributed by atoms with Crippen LogP contribution in [-0.4, -0.2) is 35.0 Å². The maximum Gasteiger partial charge on any atom is 0.412 e. The number of para-hydroxylation sites is 1. The van der Waals surface area contributed by atoms with Crippen LogP contribution in [0, 0.1) is 0 Å². The summed E-state index contributed by atoms with van der Waals surface area (Å²) < 4.78 is 12.7. The first-order valence-corrected chi connectivity index (χ1v) is 11.4. The fraction of sp³-hybridized carbons (Fsp3) is 0.273. The van der Waals surface area contributed by atoms with E-state index in [2.05, 4.69) is 37.2 Å². The van der Waals surface area contributed by atoms with Crippen LogP contribution in [-0.2, 0) is 14.3 Å². The molecular weight excluding hydrogens is 548 g/mol. The van der Waals surface area contributed by atoms with E-state index in [0.717, 1.165) is 0 Å². The van der Waals surface area contributed by atoms with Crippen LogP contribution < -0.4 is 10.8 Å². The van der Waals surface area contributed by atoms with Gasteiger partial charge in [-0.25, -0.2) is 10.3 Å². The Morgan fingerprint density at radius 1 is 1.19 bits per heavy atom. The summed E-state index contributed by atoms with van der Waals surface area (Å²) in [6.45, 7) is 2.14. The molecule has 0 saturated carbocycles. The summed E-state index contributed by atoms with van der Waals surface area (Å²) in [5.41, 5.74) is 2.43. The van der Waals surface area contributed by atoms with Gasteiger partial charge in [0.2, 0.25) is 0 Å². The van der Waals surface area contributed by atoms with Crippen molar-refractivity contribution < 1.29 is 29.4 Å². The summed E-state index contributed by atoms with van der Waals surface area (Å²) in [5.74, 6) is -0.729. The molecule has 0 heterocycles. The molecule has 0 radical (unpaired) electrons. The Labute approximate surface area is 202 Å². The minimum absolute atomic E-state index is 0.0781. The molecule has 8 nitrogen and oxygen atoms in total. The molecule has 0 bridgehead atoms. The van der Waals surface area contributed by atoms with Crippen molar-refractivity contribution in [1.82, 2.24) is 5.48 Å². The van der Waals surface area contributed by atoms with Crippen LogP contribution in [0.1, 0.15) is 31.4 Å². The number of amides is 2. The van der Waals surface area contributed by atoms with Gasteiger partial charge in [-0.1, -0.05) is 40.2 Å². The molecule has 0 aromatic heterocycles. The minimum Gasteiger partial charge on any atom is -0.506 e. The van der Waals surface area contributed by atoms with Crippen LogP contribution in [0.15, 0.2) is 63.6 Å². The number of phenolic OH excluding ortho intramolecular Hbond substituents is 1. The number of allylic oxidation sites excluding steroid dienone is 1. The molecule has 0 unspecified atom stereocenters. The Morgan fingerprint density at radius 2 is 1.91 bits per heavy atom. The maximum absolute atomic E-state index is 12.7. The van der Waals surface area contributed by atoms with Gasteiger partial charge in [0.15, 0.2) is 6.10 Å². The van der Waals surface area contributed by atoms with Gasteiger partial charge >= 0.3 is 6.09 Å². The zero-order valence-corrected chi connectivity index (χ0v) is 20.4. The molecule has 172 valence electrons. The lowest BCUT2D eigenvalue weighted by molar-refractivity contribution is -0.124. The monoisotopic (exact) mass is 570 g/mol. The highest BCUT2D eigenvalue weighted by atomic mass is 79.9. The lowest BCUT2D eigenvalue weighted by Gasteiger charge is -2.28. The molecular formula is C22H24Br2N2O6. The molecule has 2 aromatic rings. The summed E-state index contributed by atoms with van der Waals surface area (Å²) >= 11 is 6.70. The van der Waals surface area contributed by atoms with Gasteiger partial charge < -0.3 is 14.6 Å². The quantitative estimate of drug-likeness (QED) is 0.171. The van der Waals surface area contributed by atoms with E-state index < -0.39 is 24.2 Å². The van der Waals surface area contributed by atoms with Gasteiger partial charge in [-0.2, -0.15) is 0 Å². The number of hydroxylamine groups is 1. The number of carbonyl (C=O) groups excluding carboxylic acids is 2. The summed E-state index contributed by atoms with van der Waals surface area (Å²) in [7, 11) is 0. The number of halogens is 2. The molecule has 0 aliphatic rings. The van der Waals surface area contributed by atoms with Crippen molar-refractivity contribution in [3.63, 3.8) is 0 Å². The fourth-order valence-electron chi connectivity index (χ4n) is 2.95. The number of phenols is 1. The standard InChI is InChI=1S/C22H24Br2N2O6/c1-2-31-18(10-6-7-11-19(27)26-30)21(16-12-14(23)13-17(24)20(16)28)32-22(29)25-15-8-4-3-5-9-15/h3-5,7-9,11-13,18,21,28,30H,2,6,10H2,1H3,(H,25,29)(H,26,27)/b11-7+/t18-,21-/m0/s1. The van der Waals surface area contributed by atoms with E-state index in [1.807, 2.05) is 6.07 Å². The van der Waals surface area contributed by atoms with E-state index in [1.54, 1.807) is 49.4 Å². The maximum atomic E-state index is 12.7. The SMILES string of the molecule is CCO[C@@H](CC/C=C/C(=O)NO)[C@@H](OC(=O)Nc1ccccc1)c1cc(Br)cc(Br)c1O. The van der Waals surface area contributed by atoms with E-state index >= 15 is 0 Å². The first-order valence-electron chi connectivity index (χ1n) is 9.78. The predicted molar refractivity (Wildman–Crippen MR) is 127 cm³/mol. The average Bonchev–Trinajstić information content (AvgIpc) is 2.77. The Hall–Kier alpha value is -2.40. The third kappa shape index (κ3) is 7.94. The minimum atomic E-state index is -0.951. The number of benzene rings is 2. The van der Waals surface area contributed by atoms with Crippen LogP contribution in [0.4, 0.5) is 10.5 Å². The number of aromatic hydroxyl groups is 1. The zero-order chi connectivity index (χ0) is 23.5. The Morgan fingerprint density at radius 3 is 2.56 bits per heavy atom. The lowest BCUT2D eigenvalue weighted by atomic mass is 9.99. The van der Waals surface area contributed by atoms with Crippen LogP contribution in [0.3, 0.4) is 0 Å². The smallest absolute Gasteiger partial charge is 0.412 e. The number of rotatable bonds is 10. The molecule has 2 aromatic carbocycles. The van der Waals surface area contributed by atoms with Crippen molar-refractivity contribution in [3.05, 3.63) is 69.1 Å². The van der Waals surface area contributed by atoms with Gasteiger partial charge in [0.1, 0.15) is 5.75 Å². The van der Waals surface area contributed by atoms with E-state index in [0.29, 0.717) is 39.6 Å². The summed E-state index contributed by atoms with van der Waals surface area (Å²) in [5, 5.41) is 21.9. The fourth-order valence-corrected chi connectivity index (χ4v) is 4.21. The molecule has 0 fully saturated rings. The van der Waals surface area contributed by atoms with Crippen molar-refractivity contribution in [2.75, 3.05) is 11.9 Å². The second kappa shape index (κ2) is 13.2. The van der Waals surface area contributed by atoms with Crippen LogP contribution in [0.25, 0.3) is 0 Å². The highest BCUT2D eigenvalue weighted by Crippen LogP contribution is 2.39. The second-order valence-electron chi connectivity index (χ2n) is 6.59. The first-order chi connectivity index (χ1) is 15.3. The second-order valence-corrected chi connectivity index (χ2v) is 8.36. The number of hydrogen-bond donors (Lipinski definition) is 4. The molecule has 10 heteroatoms. The van der Waals surface area contributed by atoms with Gasteiger partial charge in [0.05, 0.1) is 10.6 Å². The van der Waals surface area contributed by atoms with Crippen molar-refractivity contribution in [2.24, 2.45) is 0 Å². The van der Waals surface area contributed by atoms with Crippen LogP contribution in [0.2, 0.25) is 0 Å². The Kier molecular flexibility index (Phi) is 10.7. The average molecular weight is 572 g/mol. The van der Waals surface area contributed by atoms with E-state index in [-0.39, 0.29) is 5.75 Å². The molecule has 0 saturated heterocycles. The highest BCUT2D eigenvalue weighted by Gasteiger charge is 2.31. The molecule has 2 rings (SSSR count). The first kappa shape index (κ1) is 25.9. The van der Waals surface area contributed by atoms with E-state index in [9.17, 15) is 14.7 Å². The van der Waals surface area contributed by atoms with Crippen molar-refractivity contribution >= 4 is 49.5 Å². The number of nitrogens with one attached hydrogen (secondary N) is 2. The largest absolute Gasteiger partial charge is 0.506 e. The highest BCUT2D eigenvalue weighted by molar-refractivity contribution is 9.11. The van der Waals surface area contributed by atoms with Gasteiger partial charge in [0, 0.05) is 28.4 Å². The molecule has 2 atom stereocenters. The number of hydrogen-bond acceptors (Lipinski definition) is 6. The molecule has 0 aliphatic heterocycles. The van der Waals surface area contributed by atoms with Gasteiger partial charge in [-0.15, -0.1) is 0 Å². The van der Waals surface area contributed by atoms with Crippen molar-refractivity contribution in [3.8, 4) is 5.75 Å². The third-order valence-corrected chi connectivity index (χ3v) is 5.40. The number of anilines is 1. The predicted octanol–water partition coefficient (Wildman–Crippen LogP) is 5.45. The lowest BCUT2D eigenvalue weighted by Crippen LogP contribution is -2.29. The molecule has 2 amide bonds. The van der Waals surface area contributed by atoms with Crippen molar-refractivity contribution in [1.29, 1.82) is 0 Å². The summed E-state index contributed by atoms with van der Waals surface area (Å²) in [6.07, 6.45) is 1.23. The number of carbonyl (C=O) groups is 2. The summed E-state index contributed by atoms with van der Waals surface area (Å²) in [6, 6.07) is 12.2. The van der Waals surface area contributed by atoms with E-state index in [4.69, 9.17) is 14.7 Å². The normalized spacial score (nSPS) is 12.9. The van der Waals surface area contributed by atoms with Gasteiger partial charge in [0.25, 0.3) is 5.91 Å². The van der Waals surface area contributed by atoms with Gasteiger partial charge in [-0.05, 0) is 60.0 Å². The molecule has 4 N–H and O–H groups in total. The molecule has 32 heavy (non-hydrogen) atoms. The Bertz CT molecular complexity index is 940. The van der Waals surface area contributed by atoms with Crippen LogP contribution in [0.5, 0.6) is 5.75 Å². The van der Waals surface area contributed by atoms with Crippen LogP contribution >= 0.6 is 31.9 Å². The topological polar surface area (TPSA) is 117 Å². The molecule has 0 spiro atoms.